The summed E-state index contributed by atoms with van der Waals surface area (Å²) in [5, 5.41) is 1.19. The molecular formula is C24H19ClFNO3. The van der Waals surface area contributed by atoms with E-state index in [2.05, 4.69) is 6.92 Å². The minimum atomic E-state index is -0.727. The van der Waals surface area contributed by atoms with E-state index in [9.17, 15) is 14.0 Å². The van der Waals surface area contributed by atoms with Crippen molar-refractivity contribution < 1.29 is 18.7 Å². The van der Waals surface area contributed by atoms with Crippen LogP contribution in [0.15, 0.2) is 60.2 Å². The number of benzene rings is 2. The highest BCUT2D eigenvalue weighted by atomic mass is 35.5. The summed E-state index contributed by atoms with van der Waals surface area (Å²) in [7, 11) is 0. The lowest BCUT2D eigenvalue weighted by Crippen LogP contribution is -2.02. The molecule has 0 atom stereocenters. The molecule has 0 fully saturated rings. The van der Waals surface area contributed by atoms with E-state index in [0.717, 1.165) is 23.7 Å². The van der Waals surface area contributed by atoms with E-state index in [1.807, 2.05) is 28.8 Å². The summed E-state index contributed by atoms with van der Waals surface area (Å²) in [6.07, 6.45) is 5.08. The second kappa shape index (κ2) is 8.28. The number of carbonyl (C=O) groups excluding carboxylic acids is 2. The predicted octanol–water partition coefficient (Wildman–Crippen LogP) is 5.78. The van der Waals surface area contributed by atoms with Gasteiger partial charge in [-0.3, -0.25) is 0 Å². The maximum atomic E-state index is 13.1. The van der Waals surface area contributed by atoms with E-state index in [4.69, 9.17) is 16.3 Å². The third-order valence-corrected chi connectivity index (χ3v) is 5.48. The van der Waals surface area contributed by atoms with Gasteiger partial charge in [0.1, 0.15) is 11.0 Å². The summed E-state index contributed by atoms with van der Waals surface area (Å²) >= 11 is 6.72. The molecule has 2 aromatic carbocycles. The van der Waals surface area contributed by atoms with Crippen LogP contribution in [0.2, 0.25) is 5.15 Å². The Kier molecular flexibility index (Phi) is 5.55. The van der Waals surface area contributed by atoms with E-state index in [0.29, 0.717) is 22.8 Å². The summed E-state index contributed by atoms with van der Waals surface area (Å²) in [5.41, 5.74) is 2.36. The lowest BCUT2D eigenvalue weighted by molar-refractivity contribution is -0.150. The first-order valence-electron chi connectivity index (χ1n) is 9.72. The van der Waals surface area contributed by atoms with E-state index in [1.54, 1.807) is 18.2 Å². The van der Waals surface area contributed by atoms with Crippen molar-refractivity contribution in [1.82, 2.24) is 4.57 Å². The number of fused-ring (bicyclic) bond motifs is 1. The van der Waals surface area contributed by atoms with Crippen molar-refractivity contribution in [2.24, 2.45) is 0 Å². The Labute approximate surface area is 178 Å². The van der Waals surface area contributed by atoms with Gasteiger partial charge in [-0.15, -0.1) is 0 Å². The van der Waals surface area contributed by atoms with Crippen LogP contribution < -0.4 is 0 Å². The fourth-order valence-electron chi connectivity index (χ4n) is 3.59. The number of carbonyl (C=O) groups is 2. The van der Waals surface area contributed by atoms with Crippen LogP contribution in [0.3, 0.4) is 0 Å². The number of nitrogens with zero attached hydrogens (tertiary/aromatic N) is 1. The van der Waals surface area contributed by atoms with Crippen LogP contribution in [0.5, 0.6) is 0 Å². The van der Waals surface area contributed by atoms with Gasteiger partial charge in [0.05, 0.1) is 11.1 Å². The first-order valence-corrected chi connectivity index (χ1v) is 10.1. The molecule has 1 aliphatic heterocycles. The van der Waals surface area contributed by atoms with Crippen molar-refractivity contribution in [3.8, 4) is 0 Å². The largest absolute Gasteiger partial charge is 0.386 e. The van der Waals surface area contributed by atoms with Gasteiger partial charge in [0.15, 0.2) is 0 Å². The molecule has 0 N–H and O–H groups in total. The first-order chi connectivity index (χ1) is 14.5. The summed E-state index contributed by atoms with van der Waals surface area (Å²) in [6.45, 7) is 2.79. The van der Waals surface area contributed by atoms with Crippen molar-refractivity contribution in [2.75, 3.05) is 0 Å². The van der Waals surface area contributed by atoms with Gasteiger partial charge >= 0.3 is 11.9 Å². The van der Waals surface area contributed by atoms with Crippen LogP contribution in [-0.4, -0.2) is 16.5 Å². The molecule has 1 aromatic heterocycles. The number of aromatic nitrogens is 1. The SMILES string of the molecule is CCCCn1c(Cl)c(C2=C(/C=C/c3ccc(F)cc3)C(=O)OC2=O)c2ccccc21. The number of halogens is 2. The second-order valence-electron chi connectivity index (χ2n) is 7.04. The smallest absolute Gasteiger partial charge is 0.347 e. The fraction of sp³-hybridized carbons (Fsp3) is 0.167. The Balaban J connectivity index is 1.89. The van der Waals surface area contributed by atoms with Gasteiger partial charge in [0.25, 0.3) is 0 Å². The van der Waals surface area contributed by atoms with Crippen LogP contribution in [0.1, 0.15) is 30.9 Å². The summed E-state index contributed by atoms with van der Waals surface area (Å²) in [4.78, 5) is 25.0. The zero-order valence-corrected chi connectivity index (χ0v) is 17.1. The van der Waals surface area contributed by atoms with Gasteiger partial charge in [-0.2, -0.15) is 0 Å². The Morgan fingerprint density at radius 1 is 1.03 bits per heavy atom. The first kappa shape index (κ1) is 20.1. The van der Waals surface area contributed by atoms with Gasteiger partial charge in [0, 0.05) is 23.0 Å². The third kappa shape index (κ3) is 3.57. The molecule has 0 amide bonds. The van der Waals surface area contributed by atoms with Crippen molar-refractivity contribution in [2.45, 2.75) is 26.3 Å². The maximum Gasteiger partial charge on any atom is 0.347 e. The number of ether oxygens (including phenoxy) is 1. The van der Waals surface area contributed by atoms with Crippen molar-refractivity contribution in [3.63, 3.8) is 0 Å². The van der Waals surface area contributed by atoms with Crippen molar-refractivity contribution in [3.05, 3.63) is 82.3 Å². The lowest BCUT2D eigenvalue weighted by atomic mass is 10.00. The average Bonchev–Trinajstić information content (AvgIpc) is 3.17. The number of esters is 2. The topological polar surface area (TPSA) is 48.3 Å². The van der Waals surface area contributed by atoms with Gasteiger partial charge in [-0.25, -0.2) is 14.0 Å². The van der Waals surface area contributed by atoms with E-state index >= 15 is 0 Å². The molecule has 2 heterocycles. The van der Waals surface area contributed by atoms with Gasteiger partial charge in [0.2, 0.25) is 0 Å². The summed E-state index contributed by atoms with van der Waals surface area (Å²) in [5.74, 6) is -1.80. The average molecular weight is 424 g/mol. The molecule has 0 aliphatic carbocycles. The number of hydrogen-bond acceptors (Lipinski definition) is 3. The van der Waals surface area contributed by atoms with Crippen molar-refractivity contribution >= 4 is 46.1 Å². The molecular weight excluding hydrogens is 405 g/mol. The molecule has 0 radical (unpaired) electrons. The standard InChI is InChI=1S/C24H19ClFNO3/c1-2-3-14-27-19-7-5-4-6-17(19)20(22(27)25)21-18(23(28)30-24(21)29)13-10-15-8-11-16(26)12-9-15/h4-13H,2-3,14H2,1H3/b13-10+. The molecule has 0 saturated carbocycles. The number of para-hydroxylation sites is 1. The lowest BCUT2D eigenvalue weighted by Gasteiger charge is -2.06. The zero-order chi connectivity index (χ0) is 21.3. The van der Waals surface area contributed by atoms with E-state index < -0.39 is 11.9 Å². The Hall–Kier alpha value is -3.18. The highest BCUT2D eigenvalue weighted by Gasteiger charge is 2.36. The normalized spacial score (nSPS) is 14.4. The predicted molar refractivity (Wildman–Crippen MR) is 115 cm³/mol. The number of hydrogen-bond donors (Lipinski definition) is 0. The highest BCUT2D eigenvalue weighted by molar-refractivity contribution is 6.40. The van der Waals surface area contributed by atoms with Crippen LogP contribution in [0.4, 0.5) is 4.39 Å². The van der Waals surface area contributed by atoms with Crippen LogP contribution in [0.25, 0.3) is 22.6 Å². The van der Waals surface area contributed by atoms with Crippen molar-refractivity contribution in [1.29, 1.82) is 0 Å². The Bertz CT molecular complexity index is 1210. The molecule has 0 unspecified atom stereocenters. The maximum absolute atomic E-state index is 13.1. The molecule has 30 heavy (non-hydrogen) atoms. The number of aryl methyl sites for hydroxylation is 1. The van der Waals surface area contributed by atoms with Crippen LogP contribution >= 0.6 is 11.6 Å². The van der Waals surface area contributed by atoms with E-state index in [-0.39, 0.29) is 17.0 Å². The molecule has 4 nitrogen and oxygen atoms in total. The second-order valence-corrected chi connectivity index (χ2v) is 7.40. The molecule has 4 rings (SSSR count). The van der Waals surface area contributed by atoms with Crippen LogP contribution in [-0.2, 0) is 20.9 Å². The monoisotopic (exact) mass is 423 g/mol. The molecule has 152 valence electrons. The summed E-state index contributed by atoms with van der Waals surface area (Å²) in [6, 6.07) is 13.4. The third-order valence-electron chi connectivity index (χ3n) is 5.08. The Morgan fingerprint density at radius 2 is 1.77 bits per heavy atom. The molecule has 3 aromatic rings. The van der Waals surface area contributed by atoms with Gasteiger partial charge in [-0.1, -0.05) is 61.4 Å². The van der Waals surface area contributed by atoms with Gasteiger partial charge in [-0.05, 0) is 36.3 Å². The molecule has 0 saturated heterocycles. The fourth-order valence-corrected chi connectivity index (χ4v) is 3.96. The minimum absolute atomic E-state index is 0.129. The molecule has 0 spiro atoms. The molecule has 6 heteroatoms. The van der Waals surface area contributed by atoms with E-state index in [1.165, 1.54) is 18.2 Å². The van der Waals surface area contributed by atoms with Crippen LogP contribution in [0, 0.1) is 5.82 Å². The Morgan fingerprint density at radius 3 is 2.50 bits per heavy atom. The number of cyclic esters (lactones) is 2. The van der Waals surface area contributed by atoms with Gasteiger partial charge < -0.3 is 9.30 Å². The zero-order valence-electron chi connectivity index (χ0n) is 16.3. The minimum Gasteiger partial charge on any atom is -0.386 e. The molecule has 1 aliphatic rings. The molecule has 0 bridgehead atoms. The number of unbranched alkanes of at least 4 members (excludes halogenated alkanes) is 1. The summed E-state index contributed by atoms with van der Waals surface area (Å²) < 4.78 is 20.0. The quantitative estimate of drug-likeness (QED) is 0.372. The highest BCUT2D eigenvalue weighted by Crippen LogP contribution is 2.40. The number of rotatable bonds is 6.